The van der Waals surface area contributed by atoms with E-state index in [-0.39, 0.29) is 5.91 Å². The molecule has 0 aliphatic heterocycles. The average Bonchev–Trinajstić information content (AvgIpc) is 2.57. The van der Waals surface area contributed by atoms with E-state index in [1.54, 1.807) is 37.8 Å². The van der Waals surface area contributed by atoms with Crippen molar-refractivity contribution in [3.05, 3.63) is 61.2 Å². The first-order valence-corrected chi connectivity index (χ1v) is 8.81. The van der Waals surface area contributed by atoms with E-state index in [0.29, 0.717) is 25.9 Å². The second kappa shape index (κ2) is 10.4. The molecule has 142 valence electrons. The van der Waals surface area contributed by atoms with E-state index in [1.165, 1.54) is 0 Å². The number of rotatable bonds is 9. The molecule has 1 atom stereocenters. The Bertz CT molecular complexity index is 605. The minimum Gasteiger partial charge on any atom is -0.444 e. The molecular weight excluding hydrogens is 328 g/mol. The molecule has 0 aromatic heterocycles. The van der Waals surface area contributed by atoms with E-state index in [9.17, 15) is 9.59 Å². The number of hydrogen-bond donors (Lipinski definition) is 1. The van der Waals surface area contributed by atoms with Crippen molar-refractivity contribution in [2.45, 2.75) is 51.8 Å². The van der Waals surface area contributed by atoms with Crippen molar-refractivity contribution >= 4 is 12.0 Å². The Morgan fingerprint density at radius 1 is 1.19 bits per heavy atom. The molecule has 5 nitrogen and oxygen atoms in total. The molecule has 0 heterocycles. The normalized spacial score (nSPS) is 12.0. The Hall–Kier alpha value is -2.56. The van der Waals surface area contributed by atoms with Crippen LogP contribution in [0.3, 0.4) is 0 Å². The molecule has 0 aliphatic carbocycles. The van der Waals surface area contributed by atoms with Crippen LogP contribution in [0, 0.1) is 0 Å². The van der Waals surface area contributed by atoms with E-state index in [4.69, 9.17) is 4.74 Å². The zero-order chi connectivity index (χ0) is 19.6. The zero-order valence-electron chi connectivity index (χ0n) is 16.0. The summed E-state index contributed by atoms with van der Waals surface area (Å²) in [5.74, 6) is -0.165. The fourth-order valence-corrected chi connectivity index (χ4v) is 2.38. The summed E-state index contributed by atoms with van der Waals surface area (Å²) in [5.41, 5.74) is 0.401. The van der Waals surface area contributed by atoms with Gasteiger partial charge in [0.2, 0.25) is 5.91 Å². The number of amides is 2. The van der Waals surface area contributed by atoms with Crippen LogP contribution < -0.4 is 5.32 Å². The van der Waals surface area contributed by atoms with Gasteiger partial charge >= 0.3 is 6.09 Å². The number of ether oxygens (including phenoxy) is 1. The first-order chi connectivity index (χ1) is 12.3. The van der Waals surface area contributed by atoms with Crippen LogP contribution in [-0.2, 0) is 16.1 Å². The number of nitrogens with zero attached hydrogens (tertiary/aromatic N) is 1. The summed E-state index contributed by atoms with van der Waals surface area (Å²) >= 11 is 0. The van der Waals surface area contributed by atoms with Crippen LogP contribution in [0.2, 0.25) is 0 Å². The Balaban J connectivity index is 2.89. The smallest absolute Gasteiger partial charge is 0.408 e. The van der Waals surface area contributed by atoms with Crippen molar-refractivity contribution in [2.24, 2.45) is 0 Å². The second-order valence-corrected chi connectivity index (χ2v) is 7.05. The third-order valence-corrected chi connectivity index (χ3v) is 3.52. The van der Waals surface area contributed by atoms with Gasteiger partial charge in [-0.1, -0.05) is 42.5 Å². The van der Waals surface area contributed by atoms with Crippen LogP contribution in [0.25, 0.3) is 0 Å². The van der Waals surface area contributed by atoms with E-state index in [1.807, 2.05) is 30.3 Å². The standard InChI is InChI=1S/C21H30N2O3/c1-6-8-15-23(16-17-13-10-9-11-14-17)19(24)18(12-7-2)22-20(25)26-21(3,4)5/h6-7,9-11,13-14,18H,1-2,8,12,15-16H2,3-5H3,(H,22,25)/t18-/m0/s1. The van der Waals surface area contributed by atoms with Crippen LogP contribution >= 0.6 is 0 Å². The first kappa shape index (κ1) is 21.5. The topological polar surface area (TPSA) is 58.6 Å². The van der Waals surface area contributed by atoms with Gasteiger partial charge in [0.25, 0.3) is 0 Å². The highest BCUT2D eigenvalue weighted by Gasteiger charge is 2.27. The molecule has 0 saturated heterocycles. The molecule has 1 aromatic rings. The summed E-state index contributed by atoms with van der Waals surface area (Å²) in [7, 11) is 0. The molecule has 0 spiro atoms. The van der Waals surface area contributed by atoms with Gasteiger partial charge in [-0.3, -0.25) is 4.79 Å². The number of carbonyl (C=O) groups is 2. The maximum Gasteiger partial charge on any atom is 0.408 e. The second-order valence-electron chi connectivity index (χ2n) is 7.05. The monoisotopic (exact) mass is 358 g/mol. The number of benzene rings is 1. The fourth-order valence-electron chi connectivity index (χ4n) is 2.38. The quantitative estimate of drug-likeness (QED) is 0.677. The Morgan fingerprint density at radius 3 is 2.38 bits per heavy atom. The van der Waals surface area contributed by atoms with Gasteiger partial charge in [0, 0.05) is 13.1 Å². The van der Waals surface area contributed by atoms with Gasteiger partial charge in [-0.15, -0.1) is 13.2 Å². The summed E-state index contributed by atoms with van der Waals surface area (Å²) in [6, 6.07) is 9.04. The molecule has 0 saturated carbocycles. The summed E-state index contributed by atoms with van der Waals surface area (Å²) in [4.78, 5) is 26.8. The molecule has 26 heavy (non-hydrogen) atoms. The third kappa shape index (κ3) is 8.01. The Labute approximate surface area is 156 Å². The summed E-state index contributed by atoms with van der Waals surface area (Å²) in [5, 5.41) is 2.67. The molecule has 5 heteroatoms. The molecule has 1 N–H and O–H groups in total. The summed E-state index contributed by atoms with van der Waals surface area (Å²) in [6.07, 6.45) is 3.79. The molecule has 0 radical (unpaired) electrons. The lowest BCUT2D eigenvalue weighted by atomic mass is 10.1. The Kier molecular flexibility index (Phi) is 8.62. The van der Waals surface area contributed by atoms with Crippen LogP contribution in [0.1, 0.15) is 39.2 Å². The van der Waals surface area contributed by atoms with Crippen molar-refractivity contribution in [2.75, 3.05) is 6.54 Å². The Morgan fingerprint density at radius 2 is 1.85 bits per heavy atom. The minimum absolute atomic E-state index is 0.165. The van der Waals surface area contributed by atoms with E-state index < -0.39 is 17.7 Å². The summed E-state index contributed by atoms with van der Waals surface area (Å²) < 4.78 is 5.27. The molecule has 0 unspecified atom stereocenters. The van der Waals surface area contributed by atoms with Crippen LogP contribution in [0.5, 0.6) is 0 Å². The van der Waals surface area contributed by atoms with Crippen LogP contribution in [-0.4, -0.2) is 35.1 Å². The van der Waals surface area contributed by atoms with Gasteiger partial charge in [0.15, 0.2) is 0 Å². The van der Waals surface area contributed by atoms with Crippen molar-refractivity contribution in [3.8, 4) is 0 Å². The average molecular weight is 358 g/mol. The van der Waals surface area contributed by atoms with Crippen LogP contribution in [0.15, 0.2) is 55.6 Å². The van der Waals surface area contributed by atoms with E-state index in [2.05, 4.69) is 18.5 Å². The molecule has 0 aliphatic rings. The first-order valence-electron chi connectivity index (χ1n) is 8.81. The van der Waals surface area contributed by atoms with Gasteiger partial charge in [-0.2, -0.15) is 0 Å². The lowest BCUT2D eigenvalue weighted by molar-refractivity contribution is -0.134. The molecule has 0 bridgehead atoms. The fraction of sp³-hybridized carbons (Fsp3) is 0.429. The van der Waals surface area contributed by atoms with Gasteiger partial charge in [-0.05, 0) is 39.2 Å². The van der Waals surface area contributed by atoms with Crippen molar-refractivity contribution in [1.29, 1.82) is 0 Å². The molecule has 0 fully saturated rings. The molecular formula is C21H30N2O3. The summed E-state index contributed by atoms with van der Waals surface area (Å²) in [6.45, 7) is 13.8. The highest BCUT2D eigenvalue weighted by molar-refractivity contribution is 5.86. The number of hydrogen-bond acceptors (Lipinski definition) is 3. The molecule has 1 rings (SSSR count). The lowest BCUT2D eigenvalue weighted by Crippen LogP contribution is -2.49. The van der Waals surface area contributed by atoms with Crippen molar-refractivity contribution in [3.63, 3.8) is 0 Å². The lowest BCUT2D eigenvalue weighted by Gasteiger charge is -2.28. The highest BCUT2D eigenvalue weighted by Crippen LogP contribution is 2.11. The van der Waals surface area contributed by atoms with Gasteiger partial charge in [-0.25, -0.2) is 4.79 Å². The highest BCUT2D eigenvalue weighted by atomic mass is 16.6. The predicted octanol–water partition coefficient (Wildman–Crippen LogP) is 4.06. The van der Waals surface area contributed by atoms with Crippen molar-refractivity contribution < 1.29 is 14.3 Å². The van der Waals surface area contributed by atoms with E-state index >= 15 is 0 Å². The SMILES string of the molecule is C=CCCN(Cc1ccccc1)C(=O)[C@H](CC=C)NC(=O)OC(C)(C)C. The predicted molar refractivity (Wildman–Crippen MR) is 105 cm³/mol. The van der Waals surface area contributed by atoms with Crippen LogP contribution in [0.4, 0.5) is 4.79 Å². The van der Waals surface area contributed by atoms with Crippen molar-refractivity contribution in [1.82, 2.24) is 10.2 Å². The number of carbonyl (C=O) groups excluding carboxylic acids is 2. The van der Waals surface area contributed by atoms with Gasteiger partial charge in [0.1, 0.15) is 11.6 Å². The number of nitrogens with one attached hydrogen (secondary N) is 1. The van der Waals surface area contributed by atoms with E-state index in [0.717, 1.165) is 5.56 Å². The maximum atomic E-state index is 13.0. The van der Waals surface area contributed by atoms with Gasteiger partial charge < -0.3 is 15.0 Å². The van der Waals surface area contributed by atoms with Gasteiger partial charge in [0.05, 0.1) is 0 Å². The minimum atomic E-state index is -0.712. The number of alkyl carbamates (subject to hydrolysis) is 1. The molecule has 1 aromatic carbocycles. The third-order valence-electron chi connectivity index (χ3n) is 3.52. The maximum absolute atomic E-state index is 13.0. The molecule has 2 amide bonds. The largest absolute Gasteiger partial charge is 0.444 e. The zero-order valence-corrected chi connectivity index (χ0v) is 16.0.